The maximum atomic E-state index is 10.7. The summed E-state index contributed by atoms with van der Waals surface area (Å²) in [5.41, 5.74) is 2.50. The van der Waals surface area contributed by atoms with E-state index in [2.05, 4.69) is 9.44 Å². The van der Waals surface area contributed by atoms with Crippen molar-refractivity contribution in [1.82, 2.24) is 0 Å². The third-order valence-electron chi connectivity index (χ3n) is 1.78. The second-order valence-corrected chi connectivity index (χ2v) is 4.88. The van der Waals surface area contributed by atoms with Crippen molar-refractivity contribution >= 4 is 15.8 Å². The van der Waals surface area contributed by atoms with Gasteiger partial charge in [-0.1, -0.05) is 35.0 Å². The van der Waals surface area contributed by atoms with Gasteiger partial charge in [-0.15, -0.1) is 0 Å². The van der Waals surface area contributed by atoms with Gasteiger partial charge in [0.15, 0.2) is 0 Å². The third-order valence-corrected chi connectivity index (χ3v) is 2.12. The zero-order valence-corrected chi connectivity index (χ0v) is 9.71. The summed E-state index contributed by atoms with van der Waals surface area (Å²) in [5, 5.41) is 3.52. The highest BCUT2D eigenvalue weighted by molar-refractivity contribution is 7.85. The van der Waals surface area contributed by atoms with Gasteiger partial charge in [-0.25, -0.2) is 0 Å². The molecular formula is C10H13NO3S. The zero-order chi connectivity index (χ0) is 11.5. The molecule has 0 bridgehead atoms. The molecule has 0 spiro atoms. The smallest absolute Gasteiger partial charge is 0.268 e. The molecule has 0 N–H and O–H groups in total. The van der Waals surface area contributed by atoms with Crippen LogP contribution in [0.2, 0.25) is 0 Å². The Morgan fingerprint density at radius 1 is 1.27 bits per heavy atom. The normalized spacial score (nSPS) is 12.6. The molecule has 15 heavy (non-hydrogen) atoms. The van der Waals surface area contributed by atoms with E-state index in [4.69, 9.17) is 0 Å². The van der Waals surface area contributed by atoms with E-state index in [1.54, 1.807) is 6.92 Å². The fraction of sp³-hybridized carbons (Fsp3) is 0.300. The van der Waals surface area contributed by atoms with Gasteiger partial charge in [0, 0.05) is 0 Å². The van der Waals surface area contributed by atoms with Gasteiger partial charge in [0.25, 0.3) is 0 Å². The first-order valence-corrected chi connectivity index (χ1v) is 6.20. The van der Waals surface area contributed by atoms with Crippen LogP contribution >= 0.6 is 0 Å². The highest BCUT2D eigenvalue weighted by atomic mass is 32.2. The summed E-state index contributed by atoms with van der Waals surface area (Å²) in [6, 6.07) is 7.57. The minimum absolute atomic E-state index is 0.528. The van der Waals surface area contributed by atoms with Gasteiger partial charge in [-0.3, -0.25) is 4.28 Å². The molecule has 1 aromatic rings. The van der Waals surface area contributed by atoms with Crippen LogP contribution in [0.1, 0.15) is 18.1 Å². The number of nitrogens with zero attached hydrogens (tertiary/aromatic N) is 1. The van der Waals surface area contributed by atoms with E-state index in [9.17, 15) is 8.42 Å². The van der Waals surface area contributed by atoms with Crippen LogP contribution in [0.15, 0.2) is 29.4 Å². The Bertz CT molecular complexity index is 460. The second-order valence-electron chi connectivity index (χ2n) is 3.32. The van der Waals surface area contributed by atoms with Crippen molar-refractivity contribution in [2.24, 2.45) is 5.16 Å². The summed E-state index contributed by atoms with van der Waals surface area (Å²) >= 11 is 0. The van der Waals surface area contributed by atoms with Crippen LogP contribution in [-0.2, 0) is 14.4 Å². The van der Waals surface area contributed by atoms with Crippen LogP contribution < -0.4 is 0 Å². The molecule has 0 atom stereocenters. The molecule has 0 aliphatic rings. The van der Waals surface area contributed by atoms with Crippen LogP contribution in [-0.4, -0.2) is 20.4 Å². The van der Waals surface area contributed by atoms with E-state index in [0.29, 0.717) is 5.71 Å². The highest BCUT2D eigenvalue weighted by Gasteiger charge is 2.02. The third kappa shape index (κ3) is 4.12. The predicted octanol–water partition coefficient (Wildman–Crippen LogP) is 1.70. The predicted molar refractivity (Wildman–Crippen MR) is 59.3 cm³/mol. The number of oxime groups is 1. The summed E-state index contributed by atoms with van der Waals surface area (Å²) < 4.78 is 25.7. The molecule has 0 fully saturated rings. The van der Waals surface area contributed by atoms with Crippen molar-refractivity contribution in [3.8, 4) is 0 Å². The quantitative estimate of drug-likeness (QED) is 0.583. The van der Waals surface area contributed by atoms with E-state index in [1.807, 2.05) is 31.2 Å². The van der Waals surface area contributed by atoms with Crippen molar-refractivity contribution in [2.45, 2.75) is 13.8 Å². The van der Waals surface area contributed by atoms with Gasteiger partial charge in [0.2, 0.25) is 0 Å². The van der Waals surface area contributed by atoms with Crippen molar-refractivity contribution in [3.05, 3.63) is 35.4 Å². The lowest BCUT2D eigenvalue weighted by molar-refractivity contribution is 0.343. The average Bonchev–Trinajstić information content (AvgIpc) is 2.14. The van der Waals surface area contributed by atoms with Crippen molar-refractivity contribution < 1.29 is 12.7 Å². The summed E-state index contributed by atoms with van der Waals surface area (Å²) in [6.45, 7) is 3.67. The molecule has 0 saturated carbocycles. The minimum atomic E-state index is -3.52. The molecule has 0 aromatic heterocycles. The molecule has 1 aromatic carbocycles. The van der Waals surface area contributed by atoms with Gasteiger partial charge in [-0.05, 0) is 19.4 Å². The number of hydrogen-bond acceptors (Lipinski definition) is 4. The van der Waals surface area contributed by atoms with Gasteiger partial charge in [0.1, 0.15) is 0 Å². The van der Waals surface area contributed by atoms with Gasteiger partial charge in [-0.2, -0.15) is 8.42 Å². The Balaban J connectivity index is 2.85. The van der Waals surface area contributed by atoms with E-state index in [1.165, 1.54) is 0 Å². The standard InChI is InChI=1S/C10H13NO3S/c1-8-4-6-10(7-5-8)9(2)11-14-15(3,12)13/h4-7H,1-3H3. The molecule has 4 nitrogen and oxygen atoms in total. The first-order chi connectivity index (χ1) is 6.88. The molecular weight excluding hydrogens is 214 g/mol. The van der Waals surface area contributed by atoms with Crippen LogP contribution in [0.4, 0.5) is 0 Å². The maximum absolute atomic E-state index is 10.7. The summed E-state index contributed by atoms with van der Waals surface area (Å²) in [5.74, 6) is 0. The molecule has 0 heterocycles. The lowest BCUT2D eigenvalue weighted by Gasteiger charge is -2.00. The minimum Gasteiger partial charge on any atom is -0.268 e. The van der Waals surface area contributed by atoms with Crippen molar-refractivity contribution in [2.75, 3.05) is 6.26 Å². The molecule has 0 aliphatic carbocycles. The van der Waals surface area contributed by atoms with Crippen LogP contribution in [0.25, 0.3) is 0 Å². The maximum Gasteiger partial charge on any atom is 0.325 e. The molecule has 1 rings (SSSR count). The lowest BCUT2D eigenvalue weighted by Crippen LogP contribution is -2.01. The molecule has 0 unspecified atom stereocenters. The van der Waals surface area contributed by atoms with E-state index >= 15 is 0 Å². The topological polar surface area (TPSA) is 55.7 Å². The Labute approximate surface area is 89.7 Å². The fourth-order valence-corrected chi connectivity index (χ4v) is 1.22. The SMILES string of the molecule is CC(=NOS(C)(=O)=O)c1ccc(C)cc1. The fourth-order valence-electron chi connectivity index (χ4n) is 0.971. The number of rotatable bonds is 3. The number of hydrogen-bond donors (Lipinski definition) is 0. The zero-order valence-electron chi connectivity index (χ0n) is 8.89. The van der Waals surface area contributed by atoms with Crippen LogP contribution in [0, 0.1) is 6.92 Å². The molecule has 5 heteroatoms. The highest BCUT2D eigenvalue weighted by Crippen LogP contribution is 2.05. The first-order valence-electron chi connectivity index (χ1n) is 4.39. The van der Waals surface area contributed by atoms with Gasteiger partial charge < -0.3 is 0 Å². The van der Waals surface area contributed by atoms with Gasteiger partial charge in [0.05, 0.1) is 12.0 Å². The Morgan fingerprint density at radius 2 is 1.80 bits per heavy atom. The monoisotopic (exact) mass is 227 g/mol. The Hall–Kier alpha value is -1.36. The number of benzene rings is 1. The van der Waals surface area contributed by atoms with Gasteiger partial charge >= 0.3 is 10.1 Å². The molecule has 0 aliphatic heterocycles. The number of aryl methyl sites for hydroxylation is 1. The first kappa shape index (κ1) is 11.7. The molecule has 82 valence electrons. The van der Waals surface area contributed by atoms with Crippen molar-refractivity contribution in [1.29, 1.82) is 0 Å². The summed E-state index contributed by atoms with van der Waals surface area (Å²) in [4.78, 5) is 0. The molecule has 0 amide bonds. The molecule has 0 radical (unpaired) electrons. The summed E-state index contributed by atoms with van der Waals surface area (Å²) in [6.07, 6.45) is 0.957. The van der Waals surface area contributed by atoms with Crippen LogP contribution in [0.5, 0.6) is 0 Å². The van der Waals surface area contributed by atoms with E-state index in [0.717, 1.165) is 17.4 Å². The average molecular weight is 227 g/mol. The van der Waals surface area contributed by atoms with Crippen LogP contribution in [0.3, 0.4) is 0 Å². The molecule has 0 saturated heterocycles. The second kappa shape index (κ2) is 4.44. The van der Waals surface area contributed by atoms with E-state index in [-0.39, 0.29) is 0 Å². The summed E-state index contributed by atoms with van der Waals surface area (Å²) in [7, 11) is -3.52. The van der Waals surface area contributed by atoms with E-state index < -0.39 is 10.1 Å². The van der Waals surface area contributed by atoms with Crippen molar-refractivity contribution in [3.63, 3.8) is 0 Å². The Kier molecular flexibility index (Phi) is 3.47. The largest absolute Gasteiger partial charge is 0.325 e. The Morgan fingerprint density at radius 3 is 2.27 bits per heavy atom. The lowest BCUT2D eigenvalue weighted by atomic mass is 10.1.